The fourth-order valence-electron chi connectivity index (χ4n) is 1.53. The zero-order valence-corrected chi connectivity index (χ0v) is 11.6. The lowest BCUT2D eigenvalue weighted by Gasteiger charge is -2.06. The number of aromatic nitrogens is 1. The molecule has 8 heteroatoms. The Bertz CT molecular complexity index is 673. The van der Waals surface area contributed by atoms with Gasteiger partial charge in [-0.25, -0.2) is 4.98 Å². The highest BCUT2D eigenvalue weighted by molar-refractivity contribution is 9.10. The number of amides is 1. The van der Waals surface area contributed by atoms with Crippen LogP contribution in [0, 0.1) is 10.1 Å². The lowest BCUT2D eigenvalue weighted by Crippen LogP contribution is -2.15. The Morgan fingerprint density at radius 2 is 2.10 bits per heavy atom. The fourth-order valence-corrected chi connectivity index (χ4v) is 1.76. The van der Waals surface area contributed by atoms with E-state index >= 15 is 0 Å². The second kappa shape index (κ2) is 5.66. The van der Waals surface area contributed by atoms with E-state index in [4.69, 9.17) is 5.73 Å². The summed E-state index contributed by atoms with van der Waals surface area (Å²) in [7, 11) is 0. The molecule has 0 saturated carbocycles. The van der Waals surface area contributed by atoms with Crippen LogP contribution in [0.2, 0.25) is 0 Å². The molecule has 0 aliphatic rings. The van der Waals surface area contributed by atoms with Crippen molar-refractivity contribution in [2.24, 2.45) is 0 Å². The van der Waals surface area contributed by atoms with Gasteiger partial charge in [0.2, 0.25) is 0 Å². The zero-order valence-electron chi connectivity index (χ0n) is 10.0. The lowest BCUT2D eigenvalue weighted by atomic mass is 10.1. The molecule has 0 atom stereocenters. The van der Waals surface area contributed by atoms with E-state index in [-0.39, 0.29) is 22.8 Å². The largest absolute Gasteiger partial charge is 0.399 e. The van der Waals surface area contributed by atoms with Gasteiger partial charge in [-0.1, -0.05) is 0 Å². The zero-order chi connectivity index (χ0) is 14.7. The van der Waals surface area contributed by atoms with Crippen molar-refractivity contribution in [3.63, 3.8) is 0 Å². The molecule has 0 spiro atoms. The molecule has 0 saturated heterocycles. The molecule has 102 valence electrons. The molecule has 0 radical (unpaired) electrons. The van der Waals surface area contributed by atoms with Crippen LogP contribution in [0.1, 0.15) is 10.4 Å². The van der Waals surface area contributed by atoms with Crippen LogP contribution in [0.15, 0.2) is 41.0 Å². The van der Waals surface area contributed by atoms with Crippen LogP contribution in [-0.4, -0.2) is 15.8 Å². The number of halogens is 1. The summed E-state index contributed by atoms with van der Waals surface area (Å²) in [6.07, 6.45) is 1.50. The molecule has 0 bridgehead atoms. The number of hydrogen-bond donors (Lipinski definition) is 2. The Balaban J connectivity index is 2.31. The Morgan fingerprint density at radius 3 is 2.70 bits per heavy atom. The van der Waals surface area contributed by atoms with Crippen molar-refractivity contribution in [1.29, 1.82) is 0 Å². The summed E-state index contributed by atoms with van der Waals surface area (Å²) in [6, 6.07) is 7.08. The van der Waals surface area contributed by atoms with Crippen LogP contribution in [0.5, 0.6) is 0 Å². The van der Waals surface area contributed by atoms with Gasteiger partial charge in [-0.05, 0) is 40.2 Å². The van der Waals surface area contributed by atoms with Gasteiger partial charge in [-0.15, -0.1) is 0 Å². The van der Waals surface area contributed by atoms with E-state index in [1.54, 1.807) is 12.1 Å². The van der Waals surface area contributed by atoms with Gasteiger partial charge in [0.1, 0.15) is 11.4 Å². The summed E-state index contributed by atoms with van der Waals surface area (Å²) in [6.45, 7) is 0. The van der Waals surface area contributed by atoms with Crippen LogP contribution in [0.3, 0.4) is 0 Å². The van der Waals surface area contributed by atoms with Crippen molar-refractivity contribution in [2.45, 2.75) is 0 Å². The highest BCUT2D eigenvalue weighted by atomic mass is 79.9. The molecule has 0 aliphatic heterocycles. The Kier molecular flexibility index (Phi) is 3.94. The first-order valence-electron chi connectivity index (χ1n) is 5.44. The van der Waals surface area contributed by atoms with Crippen molar-refractivity contribution >= 4 is 39.0 Å². The summed E-state index contributed by atoms with van der Waals surface area (Å²) in [4.78, 5) is 26.3. The monoisotopic (exact) mass is 336 g/mol. The molecule has 20 heavy (non-hydrogen) atoms. The number of nitro benzene ring substituents is 1. The number of nitrogen functional groups attached to an aromatic ring is 1. The molecule has 2 aromatic rings. The smallest absolute Gasteiger partial charge is 0.282 e. The minimum absolute atomic E-state index is 0.111. The van der Waals surface area contributed by atoms with Crippen molar-refractivity contribution in [2.75, 3.05) is 11.1 Å². The summed E-state index contributed by atoms with van der Waals surface area (Å²) < 4.78 is 0.755. The third-order valence-electron chi connectivity index (χ3n) is 2.43. The SMILES string of the molecule is Nc1ccc([N+](=O)[O-])c(C(=O)Nc2ccc(Br)cn2)c1. The van der Waals surface area contributed by atoms with E-state index in [1.807, 2.05) is 0 Å². The van der Waals surface area contributed by atoms with Crippen LogP contribution < -0.4 is 11.1 Å². The molecule has 0 unspecified atom stereocenters. The highest BCUT2D eigenvalue weighted by Crippen LogP contribution is 2.22. The second-order valence-corrected chi connectivity index (χ2v) is 4.77. The van der Waals surface area contributed by atoms with Crippen molar-refractivity contribution in [1.82, 2.24) is 4.98 Å². The number of nitro groups is 1. The van der Waals surface area contributed by atoms with Crippen molar-refractivity contribution < 1.29 is 9.72 Å². The van der Waals surface area contributed by atoms with Gasteiger partial charge in [0.05, 0.1) is 4.92 Å². The van der Waals surface area contributed by atoms with Gasteiger partial charge in [0.25, 0.3) is 11.6 Å². The van der Waals surface area contributed by atoms with E-state index in [9.17, 15) is 14.9 Å². The lowest BCUT2D eigenvalue weighted by molar-refractivity contribution is -0.385. The van der Waals surface area contributed by atoms with Gasteiger partial charge in [0, 0.05) is 22.4 Å². The highest BCUT2D eigenvalue weighted by Gasteiger charge is 2.20. The maximum Gasteiger partial charge on any atom is 0.282 e. The molecule has 1 amide bonds. The third-order valence-corrected chi connectivity index (χ3v) is 2.90. The molecule has 7 nitrogen and oxygen atoms in total. The fraction of sp³-hybridized carbons (Fsp3) is 0. The number of nitrogens with two attached hydrogens (primary N) is 1. The molecule has 3 N–H and O–H groups in total. The molecule has 2 rings (SSSR count). The molecule has 1 aromatic carbocycles. The minimum Gasteiger partial charge on any atom is -0.399 e. The number of pyridine rings is 1. The van der Waals surface area contributed by atoms with Crippen LogP contribution in [0.25, 0.3) is 0 Å². The molecular formula is C12H9BrN4O3. The summed E-state index contributed by atoms with van der Waals surface area (Å²) in [5, 5.41) is 13.4. The standard InChI is InChI=1S/C12H9BrN4O3/c13-7-1-4-11(15-6-7)16-12(18)9-5-8(14)2-3-10(9)17(19)20/h1-6H,14H2,(H,15,16,18). The number of anilines is 2. The van der Waals surface area contributed by atoms with Crippen LogP contribution in [-0.2, 0) is 0 Å². The van der Waals surface area contributed by atoms with Gasteiger partial charge < -0.3 is 11.1 Å². The van der Waals surface area contributed by atoms with E-state index in [1.165, 1.54) is 24.4 Å². The number of carbonyl (C=O) groups is 1. The van der Waals surface area contributed by atoms with Crippen LogP contribution in [0.4, 0.5) is 17.2 Å². The molecule has 1 heterocycles. The normalized spacial score (nSPS) is 10.1. The van der Waals surface area contributed by atoms with E-state index in [0.717, 1.165) is 4.47 Å². The van der Waals surface area contributed by atoms with Crippen molar-refractivity contribution in [3.05, 3.63) is 56.7 Å². The molecular weight excluding hydrogens is 328 g/mol. The summed E-state index contributed by atoms with van der Waals surface area (Å²) >= 11 is 3.22. The number of nitrogens with zero attached hydrogens (tertiary/aromatic N) is 2. The molecule has 0 aliphatic carbocycles. The minimum atomic E-state index is -0.640. The molecule has 0 fully saturated rings. The number of carbonyl (C=O) groups excluding carboxylic acids is 1. The average Bonchev–Trinajstić information content (AvgIpc) is 2.41. The van der Waals surface area contributed by atoms with Gasteiger partial charge in [-0.2, -0.15) is 0 Å². The van der Waals surface area contributed by atoms with Gasteiger partial charge >= 0.3 is 0 Å². The number of benzene rings is 1. The van der Waals surface area contributed by atoms with Gasteiger partial charge in [-0.3, -0.25) is 14.9 Å². The second-order valence-electron chi connectivity index (χ2n) is 3.85. The molecule has 1 aromatic heterocycles. The summed E-state index contributed by atoms with van der Waals surface area (Å²) in [5.74, 6) is -0.353. The van der Waals surface area contributed by atoms with E-state index in [2.05, 4.69) is 26.2 Å². The first-order valence-corrected chi connectivity index (χ1v) is 6.23. The summed E-state index contributed by atoms with van der Waals surface area (Å²) in [5.41, 5.74) is 5.40. The number of hydrogen-bond acceptors (Lipinski definition) is 5. The Morgan fingerprint density at radius 1 is 1.35 bits per heavy atom. The van der Waals surface area contributed by atoms with E-state index < -0.39 is 10.8 Å². The topological polar surface area (TPSA) is 111 Å². The maximum absolute atomic E-state index is 12.1. The van der Waals surface area contributed by atoms with Crippen molar-refractivity contribution in [3.8, 4) is 0 Å². The number of nitrogens with one attached hydrogen (secondary N) is 1. The predicted molar refractivity (Wildman–Crippen MR) is 77.4 cm³/mol. The van der Waals surface area contributed by atoms with Crippen LogP contribution >= 0.6 is 15.9 Å². The maximum atomic E-state index is 12.1. The Labute approximate surface area is 122 Å². The van der Waals surface area contributed by atoms with Gasteiger partial charge in [0.15, 0.2) is 0 Å². The quantitative estimate of drug-likeness (QED) is 0.508. The average molecular weight is 337 g/mol. The predicted octanol–water partition coefficient (Wildman–Crippen LogP) is 2.59. The Hall–Kier alpha value is -2.48. The first-order chi connectivity index (χ1) is 9.47. The first kappa shape index (κ1) is 13.9. The number of rotatable bonds is 3. The third kappa shape index (κ3) is 3.09. The van der Waals surface area contributed by atoms with E-state index in [0.29, 0.717) is 0 Å².